The van der Waals surface area contributed by atoms with Gasteiger partial charge in [-0.2, -0.15) is 0 Å². The number of cyclic esters (lactones) is 1. The Balaban J connectivity index is 1.26. The van der Waals surface area contributed by atoms with Gasteiger partial charge in [0.05, 0.1) is 30.3 Å². The molecule has 3 aliphatic rings. The number of benzene rings is 1. The largest absolute Gasteiger partial charge is 0.486 e. The Morgan fingerprint density at radius 1 is 1.25 bits per heavy atom. The minimum absolute atomic E-state index is 0.0826. The third kappa shape index (κ3) is 4.64. The fraction of sp³-hybridized carbons (Fsp3) is 0.467. The van der Waals surface area contributed by atoms with Gasteiger partial charge in [0.25, 0.3) is 0 Å². The van der Waals surface area contributed by atoms with Crippen LogP contribution < -0.4 is 15.8 Å². The molecule has 0 radical (unpaired) electrons. The SMILES string of the molecule is CC[C@@H](N)c1ccc(OC2CN(C(=O)[C@H]3C[C@H]3F)C2)c2cnc(Nc3ccc4c(n3)[C@@H](C)C(C)(C)OC4=O)cc12. The van der Waals surface area contributed by atoms with Crippen molar-refractivity contribution in [2.75, 3.05) is 18.4 Å². The second-order valence-corrected chi connectivity index (χ2v) is 11.6. The maximum atomic E-state index is 13.3. The quantitative estimate of drug-likeness (QED) is 0.406. The average molecular weight is 548 g/mol. The standard InChI is InChI=1S/C30H34FN5O4/c1-5-23(32)17-6-8-24(39-16-13-36(14-16)28(37)20-10-22(20)31)21-12-33-26(11-19(17)21)34-25-9-7-18-27(35-25)15(2)30(3,4)40-29(18)38/h6-9,11-12,15-16,20,22-23H,5,10,13-14,32H2,1-4H3,(H,33,34,35)/t15-,20+,22-,23-/m1/s1. The molecule has 6 rings (SSSR count). The van der Waals surface area contributed by atoms with Crippen LogP contribution in [0.5, 0.6) is 5.75 Å². The van der Waals surface area contributed by atoms with Crippen LogP contribution >= 0.6 is 0 Å². The second kappa shape index (κ2) is 9.69. The molecule has 40 heavy (non-hydrogen) atoms. The van der Waals surface area contributed by atoms with Gasteiger partial charge in [0.2, 0.25) is 5.91 Å². The summed E-state index contributed by atoms with van der Waals surface area (Å²) in [4.78, 5) is 35.8. The summed E-state index contributed by atoms with van der Waals surface area (Å²) >= 11 is 0. The van der Waals surface area contributed by atoms with Crippen LogP contribution in [0.1, 0.15) is 74.1 Å². The minimum atomic E-state index is -0.996. The molecule has 1 aliphatic carbocycles. The van der Waals surface area contributed by atoms with E-state index in [1.54, 1.807) is 23.2 Å². The van der Waals surface area contributed by atoms with Crippen molar-refractivity contribution in [1.82, 2.24) is 14.9 Å². The number of carbonyl (C=O) groups excluding carboxylic acids is 2. The number of rotatable bonds is 7. The molecule has 0 bridgehead atoms. The summed E-state index contributed by atoms with van der Waals surface area (Å²) in [6, 6.07) is 9.10. The van der Waals surface area contributed by atoms with Gasteiger partial charge in [-0.25, -0.2) is 19.2 Å². The third-order valence-electron chi connectivity index (χ3n) is 8.43. The highest BCUT2D eigenvalue weighted by Gasteiger charge is 2.48. The number of esters is 1. The van der Waals surface area contributed by atoms with Crippen molar-refractivity contribution in [2.24, 2.45) is 11.7 Å². The number of hydrogen-bond donors (Lipinski definition) is 2. The number of anilines is 2. The Bertz CT molecular complexity index is 1500. The fourth-order valence-corrected chi connectivity index (χ4v) is 5.37. The molecule has 2 aromatic heterocycles. The minimum Gasteiger partial charge on any atom is -0.486 e. The van der Waals surface area contributed by atoms with E-state index in [1.165, 1.54) is 0 Å². The summed E-state index contributed by atoms with van der Waals surface area (Å²) in [5.41, 5.74) is 7.94. The van der Waals surface area contributed by atoms with Crippen LogP contribution in [0.4, 0.5) is 16.0 Å². The number of carbonyl (C=O) groups is 2. The van der Waals surface area contributed by atoms with Crippen LogP contribution in [-0.4, -0.2) is 57.7 Å². The summed E-state index contributed by atoms with van der Waals surface area (Å²) in [6.45, 7) is 8.69. The number of likely N-dealkylation sites (tertiary alicyclic amines) is 1. The summed E-state index contributed by atoms with van der Waals surface area (Å²) < 4.78 is 25.1. The molecule has 9 nitrogen and oxygen atoms in total. The first kappa shape index (κ1) is 26.4. The topological polar surface area (TPSA) is 120 Å². The van der Waals surface area contributed by atoms with Crippen LogP contribution in [-0.2, 0) is 9.53 Å². The van der Waals surface area contributed by atoms with Gasteiger partial charge in [0.15, 0.2) is 0 Å². The lowest BCUT2D eigenvalue weighted by atomic mass is 9.84. The zero-order chi connectivity index (χ0) is 28.3. The maximum absolute atomic E-state index is 13.3. The van der Waals surface area contributed by atoms with E-state index in [9.17, 15) is 14.0 Å². The Labute approximate surface area is 232 Å². The molecule has 2 aliphatic heterocycles. The number of amides is 1. The van der Waals surface area contributed by atoms with Gasteiger partial charge in [-0.3, -0.25) is 4.79 Å². The molecule has 1 saturated heterocycles. The number of nitrogens with one attached hydrogen (secondary N) is 1. The predicted octanol–water partition coefficient (Wildman–Crippen LogP) is 4.78. The summed E-state index contributed by atoms with van der Waals surface area (Å²) in [6.07, 6.45) is 1.68. The Kier molecular flexibility index (Phi) is 6.40. The monoisotopic (exact) mass is 547 g/mol. The number of aromatic nitrogens is 2. The number of alkyl halides is 1. The van der Waals surface area contributed by atoms with Crippen molar-refractivity contribution in [3.8, 4) is 5.75 Å². The molecule has 4 atom stereocenters. The number of ether oxygens (including phenoxy) is 2. The molecular weight excluding hydrogens is 513 g/mol. The molecular formula is C30H34FN5O4. The van der Waals surface area contributed by atoms with E-state index in [2.05, 4.69) is 10.3 Å². The van der Waals surface area contributed by atoms with Crippen molar-refractivity contribution in [3.05, 3.63) is 53.3 Å². The zero-order valence-corrected chi connectivity index (χ0v) is 23.1. The molecule has 4 heterocycles. The first-order valence-corrected chi connectivity index (χ1v) is 13.8. The van der Waals surface area contributed by atoms with Crippen LogP contribution in [0, 0.1) is 5.92 Å². The lowest BCUT2D eigenvalue weighted by molar-refractivity contribution is -0.141. The molecule has 1 saturated carbocycles. The highest BCUT2D eigenvalue weighted by atomic mass is 19.1. The van der Waals surface area contributed by atoms with Crippen molar-refractivity contribution < 1.29 is 23.5 Å². The van der Waals surface area contributed by atoms with Crippen molar-refractivity contribution in [3.63, 3.8) is 0 Å². The van der Waals surface area contributed by atoms with Crippen molar-refractivity contribution in [1.29, 1.82) is 0 Å². The smallest absolute Gasteiger partial charge is 0.340 e. The normalized spacial score (nSPS) is 24.1. The van der Waals surface area contributed by atoms with Crippen molar-refractivity contribution >= 4 is 34.3 Å². The first-order chi connectivity index (χ1) is 19.1. The van der Waals surface area contributed by atoms with Gasteiger partial charge in [-0.15, -0.1) is 0 Å². The van der Waals surface area contributed by atoms with Crippen LogP contribution in [0.25, 0.3) is 10.8 Å². The Morgan fingerprint density at radius 3 is 2.70 bits per heavy atom. The molecule has 3 aromatic rings. The summed E-state index contributed by atoms with van der Waals surface area (Å²) in [5, 5.41) is 5.01. The van der Waals surface area contributed by atoms with E-state index in [0.717, 1.165) is 22.8 Å². The predicted molar refractivity (Wildman–Crippen MR) is 148 cm³/mol. The molecule has 0 spiro atoms. The number of nitrogens with two attached hydrogens (primary N) is 1. The molecule has 1 aromatic carbocycles. The molecule has 10 heteroatoms. The van der Waals surface area contributed by atoms with Gasteiger partial charge in [0.1, 0.15) is 35.3 Å². The van der Waals surface area contributed by atoms with E-state index in [-0.39, 0.29) is 29.9 Å². The third-order valence-corrected chi connectivity index (χ3v) is 8.43. The van der Waals surface area contributed by atoms with Gasteiger partial charge in [0, 0.05) is 23.5 Å². The van der Waals surface area contributed by atoms with Gasteiger partial charge in [-0.05, 0) is 61.9 Å². The number of nitrogens with zero attached hydrogens (tertiary/aromatic N) is 3. The summed E-state index contributed by atoms with van der Waals surface area (Å²) in [5.74, 6) is 0.768. The van der Waals surface area contributed by atoms with Crippen LogP contribution in [0.3, 0.4) is 0 Å². The van der Waals surface area contributed by atoms with Crippen LogP contribution in [0.2, 0.25) is 0 Å². The lowest BCUT2D eigenvalue weighted by Gasteiger charge is -2.39. The van der Waals surface area contributed by atoms with Gasteiger partial charge >= 0.3 is 5.97 Å². The number of pyridine rings is 2. The van der Waals surface area contributed by atoms with E-state index in [4.69, 9.17) is 20.2 Å². The zero-order valence-electron chi connectivity index (χ0n) is 23.1. The Morgan fingerprint density at radius 2 is 2.00 bits per heavy atom. The van der Waals surface area contributed by atoms with E-state index >= 15 is 0 Å². The molecule has 2 fully saturated rings. The highest BCUT2D eigenvalue weighted by Crippen LogP contribution is 2.40. The van der Waals surface area contributed by atoms with E-state index < -0.39 is 17.7 Å². The molecule has 1 amide bonds. The average Bonchev–Trinajstić information content (AvgIpc) is 3.64. The Hall–Kier alpha value is -3.79. The second-order valence-electron chi connectivity index (χ2n) is 11.6. The van der Waals surface area contributed by atoms with Crippen molar-refractivity contribution in [2.45, 2.75) is 70.4 Å². The van der Waals surface area contributed by atoms with E-state index in [0.29, 0.717) is 48.2 Å². The number of halogens is 1. The number of hydrogen-bond acceptors (Lipinski definition) is 8. The lowest BCUT2D eigenvalue weighted by Crippen LogP contribution is -2.56. The fourth-order valence-electron chi connectivity index (χ4n) is 5.37. The molecule has 3 N–H and O–H groups in total. The summed E-state index contributed by atoms with van der Waals surface area (Å²) in [7, 11) is 0. The van der Waals surface area contributed by atoms with Gasteiger partial charge < -0.3 is 25.4 Å². The molecule has 210 valence electrons. The highest BCUT2D eigenvalue weighted by molar-refractivity contribution is 5.94. The first-order valence-electron chi connectivity index (χ1n) is 13.8. The van der Waals surface area contributed by atoms with E-state index in [1.807, 2.05) is 45.9 Å². The maximum Gasteiger partial charge on any atom is 0.340 e. The van der Waals surface area contributed by atoms with Crippen LogP contribution in [0.15, 0.2) is 36.5 Å². The van der Waals surface area contributed by atoms with Gasteiger partial charge in [-0.1, -0.05) is 19.9 Å². The molecule has 0 unspecified atom stereocenters. The number of fused-ring (bicyclic) bond motifs is 2.